The number of nitrogens with zero attached hydrogens (tertiary/aromatic N) is 2. The van der Waals surface area contributed by atoms with Crippen molar-refractivity contribution < 1.29 is 9.47 Å². The Morgan fingerprint density at radius 3 is 2.67 bits per heavy atom. The van der Waals surface area contributed by atoms with Gasteiger partial charge in [-0.25, -0.2) is 4.98 Å². The number of likely N-dealkylation sites (tertiary alicyclic amines) is 1. The van der Waals surface area contributed by atoms with E-state index in [1.807, 2.05) is 11.3 Å². The Hall–Kier alpha value is -2.11. The summed E-state index contributed by atoms with van der Waals surface area (Å²) in [4.78, 5) is 7.52. The molecule has 1 atom stereocenters. The third kappa shape index (κ3) is 3.66. The van der Waals surface area contributed by atoms with Crippen molar-refractivity contribution in [2.75, 3.05) is 20.8 Å². The third-order valence-corrected chi connectivity index (χ3v) is 6.56. The molecule has 27 heavy (non-hydrogen) atoms. The van der Waals surface area contributed by atoms with Crippen LogP contribution in [0, 0.1) is 6.92 Å². The molecule has 142 valence electrons. The molecular formula is C22H26N2O2S. The SMILES string of the molecule is COc1cc(C)c(CN2CCCC[C@@H]2c2nc3ccccc3s2)cc1OC. The number of piperidine rings is 1. The second-order valence-corrected chi connectivity index (χ2v) is 8.20. The fourth-order valence-corrected chi connectivity index (χ4v) is 5.04. The zero-order chi connectivity index (χ0) is 18.8. The highest BCUT2D eigenvalue weighted by molar-refractivity contribution is 7.18. The number of benzene rings is 2. The van der Waals surface area contributed by atoms with E-state index >= 15 is 0 Å². The maximum absolute atomic E-state index is 5.52. The molecule has 0 spiro atoms. The lowest BCUT2D eigenvalue weighted by molar-refractivity contribution is 0.140. The predicted molar refractivity (Wildman–Crippen MR) is 111 cm³/mol. The standard InChI is InChI=1S/C22H26N2O2S/c1-15-12-19(25-2)20(26-3)13-16(15)14-24-11-7-6-9-18(24)22-23-17-8-4-5-10-21(17)27-22/h4-5,8,10,12-13,18H,6-7,9,11,14H2,1-3H3/t18-/m1/s1. The van der Waals surface area contributed by atoms with Crippen LogP contribution in [0.3, 0.4) is 0 Å². The van der Waals surface area contributed by atoms with Crippen molar-refractivity contribution in [3.8, 4) is 11.5 Å². The van der Waals surface area contributed by atoms with E-state index < -0.39 is 0 Å². The zero-order valence-corrected chi connectivity index (χ0v) is 17.0. The largest absolute Gasteiger partial charge is 0.493 e. The van der Waals surface area contributed by atoms with E-state index in [9.17, 15) is 0 Å². The molecule has 0 radical (unpaired) electrons. The number of para-hydroxylation sites is 1. The van der Waals surface area contributed by atoms with E-state index in [1.165, 1.54) is 40.1 Å². The topological polar surface area (TPSA) is 34.6 Å². The van der Waals surface area contributed by atoms with E-state index in [0.29, 0.717) is 6.04 Å². The number of hydrogen-bond donors (Lipinski definition) is 0. The molecule has 2 aromatic carbocycles. The van der Waals surface area contributed by atoms with Crippen LogP contribution in [0.5, 0.6) is 11.5 Å². The van der Waals surface area contributed by atoms with Gasteiger partial charge in [0.1, 0.15) is 5.01 Å². The normalized spacial score (nSPS) is 18.0. The molecule has 2 heterocycles. The smallest absolute Gasteiger partial charge is 0.161 e. The fraction of sp³-hybridized carbons (Fsp3) is 0.409. The molecule has 0 N–H and O–H groups in total. The molecule has 1 fully saturated rings. The van der Waals surface area contributed by atoms with Crippen LogP contribution in [0.4, 0.5) is 0 Å². The maximum Gasteiger partial charge on any atom is 0.161 e. The number of thiazole rings is 1. The first-order valence-corrected chi connectivity index (χ1v) is 10.3. The number of fused-ring (bicyclic) bond motifs is 1. The van der Waals surface area contributed by atoms with Gasteiger partial charge < -0.3 is 9.47 Å². The summed E-state index contributed by atoms with van der Waals surface area (Å²) in [6.45, 7) is 4.16. The number of methoxy groups -OCH3 is 2. The van der Waals surface area contributed by atoms with Crippen molar-refractivity contribution in [2.45, 2.75) is 38.8 Å². The van der Waals surface area contributed by atoms with Gasteiger partial charge in [0.2, 0.25) is 0 Å². The zero-order valence-electron chi connectivity index (χ0n) is 16.2. The van der Waals surface area contributed by atoms with E-state index in [-0.39, 0.29) is 0 Å². The Morgan fingerprint density at radius 2 is 1.89 bits per heavy atom. The van der Waals surface area contributed by atoms with E-state index in [4.69, 9.17) is 14.5 Å². The first-order chi connectivity index (χ1) is 13.2. The molecule has 0 saturated carbocycles. The molecule has 0 bridgehead atoms. The van der Waals surface area contributed by atoms with Crippen LogP contribution in [0.25, 0.3) is 10.2 Å². The maximum atomic E-state index is 5.52. The van der Waals surface area contributed by atoms with Crippen LogP contribution >= 0.6 is 11.3 Å². The molecule has 0 aliphatic carbocycles. The van der Waals surface area contributed by atoms with Crippen molar-refractivity contribution >= 4 is 21.6 Å². The highest BCUT2D eigenvalue weighted by Crippen LogP contribution is 2.38. The number of rotatable bonds is 5. The molecular weight excluding hydrogens is 356 g/mol. The summed E-state index contributed by atoms with van der Waals surface area (Å²) in [6, 6.07) is 13.0. The third-order valence-electron chi connectivity index (χ3n) is 5.42. The number of ether oxygens (including phenoxy) is 2. The molecule has 0 unspecified atom stereocenters. The summed E-state index contributed by atoms with van der Waals surface area (Å²) in [5.41, 5.74) is 3.65. The molecule has 0 amide bonds. The van der Waals surface area contributed by atoms with Crippen molar-refractivity contribution in [1.82, 2.24) is 9.88 Å². The monoisotopic (exact) mass is 382 g/mol. The Balaban J connectivity index is 1.63. The lowest BCUT2D eigenvalue weighted by Gasteiger charge is -2.35. The van der Waals surface area contributed by atoms with Gasteiger partial charge in [0.15, 0.2) is 11.5 Å². The Morgan fingerprint density at radius 1 is 1.11 bits per heavy atom. The number of hydrogen-bond acceptors (Lipinski definition) is 5. The molecule has 1 aliphatic heterocycles. The van der Waals surface area contributed by atoms with Gasteiger partial charge in [-0.1, -0.05) is 18.6 Å². The fourth-order valence-electron chi connectivity index (χ4n) is 3.90. The minimum absolute atomic E-state index is 0.392. The van der Waals surface area contributed by atoms with Crippen LogP contribution in [-0.4, -0.2) is 30.6 Å². The quantitative estimate of drug-likeness (QED) is 0.596. The molecule has 1 saturated heterocycles. The average Bonchev–Trinajstić information content (AvgIpc) is 3.13. The highest BCUT2D eigenvalue weighted by atomic mass is 32.1. The molecule has 4 rings (SSSR count). The van der Waals surface area contributed by atoms with Crippen LogP contribution in [0.1, 0.15) is 41.4 Å². The van der Waals surface area contributed by atoms with Crippen molar-refractivity contribution in [2.24, 2.45) is 0 Å². The van der Waals surface area contributed by atoms with Gasteiger partial charge in [-0.15, -0.1) is 11.3 Å². The van der Waals surface area contributed by atoms with Crippen LogP contribution in [0.15, 0.2) is 36.4 Å². The second kappa shape index (κ2) is 7.87. The molecule has 3 aromatic rings. The lowest BCUT2D eigenvalue weighted by atomic mass is 10.00. The first kappa shape index (κ1) is 18.3. The Bertz CT molecular complexity index is 904. The van der Waals surface area contributed by atoms with Crippen LogP contribution in [0.2, 0.25) is 0 Å². The number of aryl methyl sites for hydroxylation is 1. The second-order valence-electron chi connectivity index (χ2n) is 7.14. The Labute approximate surface area is 164 Å². The van der Waals surface area contributed by atoms with Gasteiger partial charge in [0.25, 0.3) is 0 Å². The summed E-state index contributed by atoms with van der Waals surface area (Å²) in [7, 11) is 3.38. The van der Waals surface area contributed by atoms with Gasteiger partial charge in [0.05, 0.1) is 30.5 Å². The predicted octanol–water partition coefficient (Wildman–Crippen LogP) is 5.35. The molecule has 5 heteroatoms. The molecule has 1 aliphatic rings. The van der Waals surface area contributed by atoms with E-state index in [2.05, 4.69) is 48.2 Å². The van der Waals surface area contributed by atoms with Gasteiger partial charge >= 0.3 is 0 Å². The minimum Gasteiger partial charge on any atom is -0.493 e. The van der Waals surface area contributed by atoms with Crippen LogP contribution in [-0.2, 0) is 6.54 Å². The Kier molecular flexibility index (Phi) is 5.32. The summed E-state index contributed by atoms with van der Waals surface area (Å²) in [5.74, 6) is 1.59. The minimum atomic E-state index is 0.392. The van der Waals surface area contributed by atoms with Gasteiger partial charge in [-0.3, -0.25) is 4.90 Å². The van der Waals surface area contributed by atoms with Gasteiger partial charge in [-0.2, -0.15) is 0 Å². The summed E-state index contributed by atoms with van der Waals surface area (Å²) in [6.07, 6.45) is 3.68. The van der Waals surface area contributed by atoms with Crippen molar-refractivity contribution in [3.63, 3.8) is 0 Å². The van der Waals surface area contributed by atoms with Gasteiger partial charge in [0, 0.05) is 6.54 Å². The average molecular weight is 383 g/mol. The van der Waals surface area contributed by atoms with Gasteiger partial charge in [-0.05, 0) is 61.7 Å². The highest BCUT2D eigenvalue weighted by Gasteiger charge is 2.27. The summed E-state index contributed by atoms with van der Waals surface area (Å²) < 4.78 is 12.2. The number of aromatic nitrogens is 1. The lowest BCUT2D eigenvalue weighted by Crippen LogP contribution is -2.33. The van der Waals surface area contributed by atoms with E-state index in [0.717, 1.165) is 30.1 Å². The van der Waals surface area contributed by atoms with Crippen molar-refractivity contribution in [3.05, 3.63) is 52.5 Å². The summed E-state index contributed by atoms with van der Waals surface area (Å²) in [5, 5.41) is 1.24. The van der Waals surface area contributed by atoms with Crippen LogP contribution < -0.4 is 9.47 Å². The molecule has 4 nitrogen and oxygen atoms in total. The first-order valence-electron chi connectivity index (χ1n) is 9.50. The van der Waals surface area contributed by atoms with E-state index in [1.54, 1.807) is 14.2 Å². The van der Waals surface area contributed by atoms with Crippen molar-refractivity contribution in [1.29, 1.82) is 0 Å². The molecule has 1 aromatic heterocycles. The summed E-state index contributed by atoms with van der Waals surface area (Å²) >= 11 is 1.84.